The lowest BCUT2D eigenvalue weighted by atomic mass is 9.62. The predicted molar refractivity (Wildman–Crippen MR) is 149 cm³/mol. The Labute approximate surface area is 221 Å². The summed E-state index contributed by atoms with van der Waals surface area (Å²) in [5, 5.41) is 1.45. The van der Waals surface area contributed by atoms with Gasteiger partial charge in [0.25, 0.3) is 5.56 Å². The van der Waals surface area contributed by atoms with Crippen LogP contribution < -0.4 is 5.56 Å². The Morgan fingerprint density at radius 1 is 0.944 bits per heavy atom. The molecule has 0 atom stereocenters. The van der Waals surface area contributed by atoms with Crippen LogP contribution in [0.1, 0.15) is 54.4 Å². The fourth-order valence-electron chi connectivity index (χ4n) is 5.96. The van der Waals surface area contributed by atoms with Crippen molar-refractivity contribution in [1.82, 2.24) is 9.55 Å². The van der Waals surface area contributed by atoms with Crippen LogP contribution in [0.4, 0.5) is 0 Å². The summed E-state index contributed by atoms with van der Waals surface area (Å²) < 4.78 is 1.85. The van der Waals surface area contributed by atoms with Gasteiger partial charge in [-0.2, -0.15) is 0 Å². The zero-order chi connectivity index (χ0) is 24.7. The van der Waals surface area contributed by atoms with Gasteiger partial charge in [0.05, 0.1) is 16.9 Å². The second-order valence-corrected chi connectivity index (χ2v) is 11.5. The number of rotatable bonds is 4. The Morgan fingerprint density at radius 2 is 1.67 bits per heavy atom. The van der Waals surface area contributed by atoms with Crippen LogP contribution in [0.25, 0.3) is 16.9 Å². The van der Waals surface area contributed by atoms with Crippen molar-refractivity contribution in [1.29, 1.82) is 0 Å². The first-order chi connectivity index (χ1) is 17.6. The second-order valence-electron chi connectivity index (χ2n) is 10.1. The average molecular weight is 513 g/mol. The first kappa shape index (κ1) is 23.6. The molecule has 36 heavy (non-hydrogen) atoms. The van der Waals surface area contributed by atoms with Gasteiger partial charge in [0, 0.05) is 21.8 Å². The molecule has 0 aliphatic heterocycles. The third kappa shape index (κ3) is 4.10. The predicted octanol–water partition coefficient (Wildman–Crippen LogP) is 7.91. The summed E-state index contributed by atoms with van der Waals surface area (Å²) in [4.78, 5) is 19.9. The van der Waals surface area contributed by atoms with Crippen LogP contribution in [0.15, 0.2) is 82.7 Å². The summed E-state index contributed by atoms with van der Waals surface area (Å²) in [6, 6.07) is 24.6. The molecule has 0 radical (unpaired) electrons. The van der Waals surface area contributed by atoms with Gasteiger partial charge in [-0.1, -0.05) is 103 Å². The van der Waals surface area contributed by atoms with Crippen molar-refractivity contribution in [2.75, 3.05) is 0 Å². The third-order valence-corrected chi connectivity index (χ3v) is 9.16. The maximum atomic E-state index is 14.6. The van der Waals surface area contributed by atoms with Gasteiger partial charge in [-0.3, -0.25) is 9.36 Å². The van der Waals surface area contributed by atoms with Gasteiger partial charge in [0.2, 0.25) is 0 Å². The normalized spacial score (nSPS) is 15.9. The highest BCUT2D eigenvalue weighted by atomic mass is 35.5. The van der Waals surface area contributed by atoms with Crippen LogP contribution >= 0.6 is 23.4 Å². The van der Waals surface area contributed by atoms with Gasteiger partial charge in [-0.25, -0.2) is 4.98 Å². The monoisotopic (exact) mass is 512 g/mol. The van der Waals surface area contributed by atoms with E-state index in [4.69, 9.17) is 16.6 Å². The molecule has 3 aromatic carbocycles. The van der Waals surface area contributed by atoms with Crippen LogP contribution in [-0.4, -0.2) is 9.55 Å². The number of thioether (sulfide) groups is 1. The Hall–Kier alpha value is -2.82. The van der Waals surface area contributed by atoms with Crippen molar-refractivity contribution >= 4 is 23.4 Å². The topological polar surface area (TPSA) is 34.9 Å². The molecule has 1 fully saturated rings. The summed E-state index contributed by atoms with van der Waals surface area (Å²) in [7, 11) is 0. The van der Waals surface area contributed by atoms with Crippen LogP contribution in [0, 0.1) is 6.92 Å². The van der Waals surface area contributed by atoms with E-state index in [0.717, 1.165) is 65.2 Å². The highest BCUT2D eigenvalue weighted by Crippen LogP contribution is 2.49. The van der Waals surface area contributed by atoms with E-state index in [1.165, 1.54) is 17.5 Å². The summed E-state index contributed by atoms with van der Waals surface area (Å²) >= 11 is 8.05. The van der Waals surface area contributed by atoms with Crippen molar-refractivity contribution in [3.63, 3.8) is 0 Å². The number of hydrogen-bond acceptors (Lipinski definition) is 3. The van der Waals surface area contributed by atoms with Crippen LogP contribution in [0.3, 0.4) is 0 Å². The van der Waals surface area contributed by atoms with Gasteiger partial charge in [-0.15, -0.1) is 0 Å². The summed E-state index contributed by atoms with van der Waals surface area (Å²) in [5.74, 6) is 0.642. The minimum absolute atomic E-state index is 0.0851. The summed E-state index contributed by atoms with van der Waals surface area (Å²) in [6.07, 6.45) is 6.58. The van der Waals surface area contributed by atoms with E-state index in [1.54, 1.807) is 11.8 Å². The first-order valence-electron chi connectivity index (χ1n) is 12.7. The quantitative estimate of drug-likeness (QED) is 0.206. The molecular formula is C31H29ClN2OS. The molecule has 0 saturated heterocycles. The van der Waals surface area contributed by atoms with E-state index in [0.29, 0.717) is 10.9 Å². The Balaban J connectivity index is 1.58. The standard InChI is InChI=1S/C31H29ClN2OS/c1-21-13-15-24(16-14-21)34-29(35)27-28(33-30(34)36-20-23-10-4-6-12-26(23)32)25-11-5-3-9-22(25)19-31(27)17-7-2-8-18-31/h3-6,9-16H,2,7-8,17-20H2,1H3. The Bertz CT molecular complexity index is 1490. The van der Waals surface area contributed by atoms with Gasteiger partial charge in [0.15, 0.2) is 5.16 Å². The summed E-state index contributed by atoms with van der Waals surface area (Å²) in [6.45, 7) is 2.07. The molecule has 5 heteroatoms. The molecule has 1 spiro atoms. The smallest absolute Gasteiger partial charge is 0.263 e. The molecule has 0 N–H and O–H groups in total. The van der Waals surface area contributed by atoms with Crippen molar-refractivity contribution in [2.24, 2.45) is 0 Å². The fourth-order valence-corrected chi connectivity index (χ4v) is 7.26. The van der Waals surface area contributed by atoms with Crippen LogP contribution in [0.5, 0.6) is 0 Å². The van der Waals surface area contributed by atoms with Gasteiger partial charge in [-0.05, 0) is 55.5 Å². The number of aryl methyl sites for hydroxylation is 1. The molecule has 0 amide bonds. The number of hydrogen-bond donors (Lipinski definition) is 0. The number of halogens is 1. The average Bonchev–Trinajstić information content (AvgIpc) is 2.89. The van der Waals surface area contributed by atoms with E-state index >= 15 is 0 Å². The molecule has 0 bridgehead atoms. The van der Waals surface area contributed by atoms with E-state index in [2.05, 4.69) is 43.3 Å². The molecule has 182 valence electrons. The summed E-state index contributed by atoms with van der Waals surface area (Å²) in [5.41, 5.74) is 7.25. The van der Waals surface area contributed by atoms with Crippen molar-refractivity contribution in [3.8, 4) is 16.9 Å². The zero-order valence-electron chi connectivity index (χ0n) is 20.5. The first-order valence-corrected chi connectivity index (χ1v) is 14.1. The number of aromatic nitrogens is 2. The molecule has 2 aliphatic carbocycles. The molecule has 2 aliphatic rings. The lowest BCUT2D eigenvalue weighted by Gasteiger charge is -2.42. The molecule has 1 saturated carbocycles. The van der Waals surface area contributed by atoms with Crippen LogP contribution in [-0.2, 0) is 17.6 Å². The molecule has 3 nitrogen and oxygen atoms in total. The number of fused-ring (bicyclic) bond motifs is 4. The molecule has 4 aromatic rings. The lowest BCUT2D eigenvalue weighted by molar-refractivity contribution is 0.283. The molecule has 1 aromatic heterocycles. The van der Waals surface area contributed by atoms with E-state index < -0.39 is 0 Å². The Morgan fingerprint density at radius 3 is 2.44 bits per heavy atom. The molecule has 1 heterocycles. The number of benzene rings is 3. The van der Waals surface area contributed by atoms with E-state index in [1.807, 2.05) is 41.0 Å². The third-order valence-electron chi connectivity index (χ3n) is 7.80. The highest BCUT2D eigenvalue weighted by molar-refractivity contribution is 7.98. The SMILES string of the molecule is Cc1ccc(-n2c(SCc3ccccc3Cl)nc3c(c2=O)C2(CCCCC2)Cc2ccccc2-3)cc1. The minimum atomic E-state index is -0.135. The van der Waals surface area contributed by atoms with Crippen LogP contribution in [0.2, 0.25) is 5.02 Å². The number of nitrogens with zero attached hydrogens (tertiary/aromatic N) is 2. The van der Waals surface area contributed by atoms with Crippen molar-refractivity contribution < 1.29 is 0 Å². The Kier molecular flexibility index (Phi) is 6.27. The molecule has 6 rings (SSSR count). The van der Waals surface area contributed by atoms with E-state index in [9.17, 15) is 4.79 Å². The second kappa shape index (κ2) is 9.57. The van der Waals surface area contributed by atoms with Gasteiger partial charge >= 0.3 is 0 Å². The van der Waals surface area contributed by atoms with Crippen molar-refractivity contribution in [2.45, 2.75) is 61.8 Å². The maximum Gasteiger partial charge on any atom is 0.263 e. The largest absolute Gasteiger partial charge is 0.268 e. The molecule has 0 unspecified atom stereocenters. The maximum absolute atomic E-state index is 14.6. The zero-order valence-corrected chi connectivity index (χ0v) is 22.0. The van der Waals surface area contributed by atoms with Gasteiger partial charge < -0.3 is 0 Å². The molecular weight excluding hydrogens is 484 g/mol. The van der Waals surface area contributed by atoms with Crippen molar-refractivity contribution in [3.05, 3.63) is 110 Å². The minimum Gasteiger partial charge on any atom is -0.268 e. The lowest BCUT2D eigenvalue weighted by Crippen LogP contribution is -2.42. The fraction of sp³-hybridized carbons (Fsp3) is 0.290. The van der Waals surface area contributed by atoms with E-state index in [-0.39, 0.29) is 11.0 Å². The van der Waals surface area contributed by atoms with Gasteiger partial charge in [0.1, 0.15) is 0 Å². The highest BCUT2D eigenvalue weighted by Gasteiger charge is 2.43.